The van der Waals surface area contributed by atoms with Gasteiger partial charge in [-0.3, -0.25) is 0 Å². The van der Waals surface area contributed by atoms with Crippen LogP contribution in [0.2, 0.25) is 0 Å². The van der Waals surface area contributed by atoms with Gasteiger partial charge in [-0.2, -0.15) is 0 Å². The van der Waals surface area contributed by atoms with Gasteiger partial charge in [-0.15, -0.1) is 0 Å². The summed E-state index contributed by atoms with van der Waals surface area (Å²) in [5, 5.41) is 9.07. The second kappa shape index (κ2) is 5.25. The molecule has 2 fully saturated rings. The lowest BCUT2D eigenvalue weighted by molar-refractivity contribution is 0.0284. The summed E-state index contributed by atoms with van der Waals surface area (Å²) in [7, 11) is 0. The van der Waals surface area contributed by atoms with Gasteiger partial charge in [-0.25, -0.2) is 0 Å². The Morgan fingerprint density at radius 1 is 1.40 bits per heavy atom. The normalized spacial score (nSPS) is 38.4. The highest BCUT2D eigenvalue weighted by atomic mass is 16.5. The van der Waals surface area contributed by atoms with Gasteiger partial charge in [-0.1, -0.05) is 0 Å². The van der Waals surface area contributed by atoms with Crippen molar-refractivity contribution in [3.63, 3.8) is 0 Å². The molecule has 2 heterocycles. The molecule has 2 rings (SSSR count). The minimum absolute atomic E-state index is 0.298. The molecule has 0 saturated carbocycles. The number of nitrogens with two attached hydrogens (primary N) is 1. The Kier molecular flexibility index (Phi) is 3.97. The maximum atomic E-state index is 9.07. The molecular formula is C11H22N2O2. The number of ether oxygens (including phenoxy) is 1. The molecule has 4 nitrogen and oxygen atoms in total. The minimum atomic E-state index is 0.298. The van der Waals surface area contributed by atoms with Crippen LogP contribution in [0.25, 0.3) is 0 Å². The van der Waals surface area contributed by atoms with Gasteiger partial charge in [0.1, 0.15) is 0 Å². The number of likely N-dealkylation sites (tertiary alicyclic amines) is 1. The van der Waals surface area contributed by atoms with Crippen LogP contribution >= 0.6 is 0 Å². The number of nitrogens with zero attached hydrogens (tertiary/aromatic N) is 1. The Hall–Kier alpha value is -0.160. The summed E-state index contributed by atoms with van der Waals surface area (Å²) in [6.45, 7) is 5.12. The molecule has 0 bridgehead atoms. The first-order valence-corrected chi connectivity index (χ1v) is 5.96. The third kappa shape index (κ3) is 2.91. The van der Waals surface area contributed by atoms with E-state index in [1.807, 2.05) is 0 Å². The number of aliphatic hydroxyl groups excluding tert-OH is 1. The zero-order chi connectivity index (χ0) is 10.7. The molecule has 0 aromatic rings. The maximum Gasteiger partial charge on any atom is 0.0521 e. The van der Waals surface area contributed by atoms with Crippen molar-refractivity contribution in [3.8, 4) is 0 Å². The van der Waals surface area contributed by atoms with E-state index in [4.69, 9.17) is 15.6 Å². The van der Waals surface area contributed by atoms with Crippen molar-refractivity contribution < 1.29 is 9.84 Å². The molecule has 88 valence electrons. The Labute approximate surface area is 91.4 Å². The number of hydrogen-bond acceptors (Lipinski definition) is 4. The fourth-order valence-corrected chi connectivity index (χ4v) is 2.56. The fourth-order valence-electron chi connectivity index (χ4n) is 2.56. The molecule has 2 saturated heterocycles. The van der Waals surface area contributed by atoms with Gasteiger partial charge < -0.3 is 20.5 Å². The first kappa shape index (κ1) is 11.3. The van der Waals surface area contributed by atoms with E-state index >= 15 is 0 Å². The smallest absolute Gasteiger partial charge is 0.0521 e. The first-order chi connectivity index (χ1) is 7.29. The summed E-state index contributed by atoms with van der Waals surface area (Å²) >= 11 is 0. The van der Waals surface area contributed by atoms with Crippen molar-refractivity contribution >= 4 is 0 Å². The molecule has 15 heavy (non-hydrogen) atoms. The zero-order valence-corrected chi connectivity index (χ0v) is 9.27. The average molecular weight is 214 g/mol. The molecule has 0 radical (unpaired) electrons. The number of aliphatic hydroxyl groups is 1. The third-order valence-electron chi connectivity index (χ3n) is 3.65. The first-order valence-electron chi connectivity index (χ1n) is 5.96. The fraction of sp³-hybridized carbons (Fsp3) is 1.00. The molecule has 0 amide bonds. The van der Waals surface area contributed by atoms with E-state index in [1.54, 1.807) is 0 Å². The van der Waals surface area contributed by atoms with Crippen LogP contribution in [-0.2, 0) is 4.74 Å². The molecule has 2 aliphatic heterocycles. The summed E-state index contributed by atoms with van der Waals surface area (Å²) in [6, 6.07) is 0.298. The number of rotatable bonds is 3. The lowest BCUT2D eigenvalue weighted by Gasteiger charge is -2.31. The van der Waals surface area contributed by atoms with E-state index in [2.05, 4.69) is 4.90 Å². The molecule has 0 aliphatic carbocycles. The largest absolute Gasteiger partial charge is 0.396 e. The molecule has 0 spiro atoms. The third-order valence-corrected chi connectivity index (χ3v) is 3.65. The van der Waals surface area contributed by atoms with Gasteiger partial charge in [0.25, 0.3) is 0 Å². The Bertz CT molecular complexity index is 201. The molecule has 4 heteroatoms. The summed E-state index contributed by atoms with van der Waals surface area (Å²) in [5.74, 6) is 0.960. The van der Waals surface area contributed by atoms with Gasteiger partial charge in [0.2, 0.25) is 0 Å². The zero-order valence-electron chi connectivity index (χ0n) is 9.27. The van der Waals surface area contributed by atoms with Crippen molar-refractivity contribution in [2.24, 2.45) is 17.6 Å². The van der Waals surface area contributed by atoms with Crippen molar-refractivity contribution in [2.45, 2.75) is 18.9 Å². The van der Waals surface area contributed by atoms with Crippen molar-refractivity contribution in [1.82, 2.24) is 4.90 Å². The van der Waals surface area contributed by atoms with Crippen molar-refractivity contribution in [1.29, 1.82) is 0 Å². The number of hydrogen-bond donors (Lipinski definition) is 2. The second-order valence-electron chi connectivity index (χ2n) is 4.88. The van der Waals surface area contributed by atoms with Gasteiger partial charge in [-0.05, 0) is 25.3 Å². The standard InChI is InChI=1S/C11H22N2O2/c12-11-2-4-15-8-10(11)6-13-3-1-9(5-13)7-14/h9-11,14H,1-8,12H2. The predicted molar refractivity (Wildman–Crippen MR) is 58.5 cm³/mol. The summed E-state index contributed by atoms with van der Waals surface area (Å²) in [4.78, 5) is 2.42. The van der Waals surface area contributed by atoms with E-state index in [0.717, 1.165) is 45.7 Å². The quantitative estimate of drug-likeness (QED) is 0.675. The van der Waals surface area contributed by atoms with E-state index in [9.17, 15) is 0 Å². The lowest BCUT2D eigenvalue weighted by Crippen LogP contribution is -2.44. The SMILES string of the molecule is NC1CCOCC1CN1CCC(CO)C1. The molecular weight excluding hydrogens is 192 g/mol. The van der Waals surface area contributed by atoms with Crippen LogP contribution in [0, 0.1) is 11.8 Å². The van der Waals surface area contributed by atoms with Gasteiger partial charge in [0.05, 0.1) is 6.61 Å². The highest BCUT2D eigenvalue weighted by molar-refractivity contribution is 4.83. The molecule has 0 aromatic heterocycles. The highest BCUT2D eigenvalue weighted by Crippen LogP contribution is 2.20. The second-order valence-corrected chi connectivity index (χ2v) is 4.88. The lowest BCUT2D eigenvalue weighted by atomic mass is 9.96. The Balaban J connectivity index is 1.76. The average Bonchev–Trinajstić information content (AvgIpc) is 2.69. The monoisotopic (exact) mass is 214 g/mol. The molecule has 0 aromatic carbocycles. The van der Waals surface area contributed by atoms with Crippen LogP contribution in [-0.4, -0.2) is 55.5 Å². The molecule has 3 N–H and O–H groups in total. The van der Waals surface area contributed by atoms with Crippen LogP contribution in [0.1, 0.15) is 12.8 Å². The topological polar surface area (TPSA) is 58.7 Å². The summed E-state index contributed by atoms with van der Waals surface area (Å²) < 4.78 is 5.46. The Morgan fingerprint density at radius 3 is 2.93 bits per heavy atom. The van der Waals surface area contributed by atoms with Gasteiger partial charge in [0, 0.05) is 38.3 Å². The van der Waals surface area contributed by atoms with Gasteiger partial charge in [0.15, 0.2) is 0 Å². The van der Waals surface area contributed by atoms with Crippen LogP contribution in [0.15, 0.2) is 0 Å². The highest BCUT2D eigenvalue weighted by Gasteiger charge is 2.28. The summed E-state index contributed by atoms with van der Waals surface area (Å²) in [5.41, 5.74) is 6.07. The van der Waals surface area contributed by atoms with Crippen LogP contribution in [0.3, 0.4) is 0 Å². The maximum absolute atomic E-state index is 9.07. The van der Waals surface area contributed by atoms with Crippen molar-refractivity contribution in [3.05, 3.63) is 0 Å². The minimum Gasteiger partial charge on any atom is -0.396 e. The van der Waals surface area contributed by atoms with E-state index in [0.29, 0.717) is 24.5 Å². The molecule has 3 atom stereocenters. The summed E-state index contributed by atoms with van der Waals surface area (Å²) in [6.07, 6.45) is 2.11. The van der Waals surface area contributed by atoms with Crippen LogP contribution in [0.5, 0.6) is 0 Å². The van der Waals surface area contributed by atoms with E-state index in [-0.39, 0.29) is 0 Å². The van der Waals surface area contributed by atoms with Crippen LogP contribution in [0.4, 0.5) is 0 Å². The van der Waals surface area contributed by atoms with E-state index < -0.39 is 0 Å². The predicted octanol–water partition coefficient (Wildman–Crippen LogP) is -0.336. The molecule has 3 unspecified atom stereocenters. The Morgan fingerprint density at radius 2 is 2.27 bits per heavy atom. The molecule has 2 aliphatic rings. The van der Waals surface area contributed by atoms with E-state index in [1.165, 1.54) is 0 Å². The van der Waals surface area contributed by atoms with Crippen LogP contribution < -0.4 is 5.73 Å². The van der Waals surface area contributed by atoms with Gasteiger partial charge >= 0.3 is 0 Å². The van der Waals surface area contributed by atoms with Crippen molar-refractivity contribution in [2.75, 3.05) is 39.5 Å².